The van der Waals surface area contributed by atoms with Gasteiger partial charge in [-0.2, -0.15) is 0 Å². The van der Waals surface area contributed by atoms with Gasteiger partial charge in [-0.05, 0) is 58.0 Å². The third-order valence-electron chi connectivity index (χ3n) is 3.89. The second-order valence-electron chi connectivity index (χ2n) is 6.79. The Bertz CT molecular complexity index is 301. The Balaban J connectivity index is 2.31. The number of rotatable bonds is 6. The molecule has 0 aromatic heterocycles. The summed E-state index contributed by atoms with van der Waals surface area (Å²) in [6, 6.07) is 0. The van der Waals surface area contributed by atoms with Crippen LogP contribution in [-0.4, -0.2) is 42.6 Å². The molecule has 1 unspecified atom stereocenters. The zero-order valence-corrected chi connectivity index (χ0v) is 13.0. The van der Waals surface area contributed by atoms with Crippen LogP contribution in [0.5, 0.6) is 0 Å². The number of ether oxygens (including phenoxy) is 1. The van der Waals surface area contributed by atoms with Crippen LogP contribution in [0.2, 0.25) is 0 Å². The van der Waals surface area contributed by atoms with E-state index in [2.05, 4.69) is 18.7 Å². The Kier molecular flexibility index (Phi) is 5.81. The van der Waals surface area contributed by atoms with Crippen LogP contribution in [0.15, 0.2) is 0 Å². The molecule has 0 aromatic rings. The molecular weight excluding hydrogens is 240 g/mol. The van der Waals surface area contributed by atoms with Crippen molar-refractivity contribution in [2.75, 3.05) is 26.2 Å². The first kappa shape index (κ1) is 16.4. The molecule has 0 aromatic carbocycles. The summed E-state index contributed by atoms with van der Waals surface area (Å²) in [7, 11) is 0. The van der Waals surface area contributed by atoms with Gasteiger partial charge in [0.1, 0.15) is 5.54 Å². The number of piperidine rings is 1. The number of esters is 1. The molecule has 112 valence electrons. The fourth-order valence-electron chi connectivity index (χ4n) is 2.80. The largest absolute Gasteiger partial charge is 0.465 e. The first-order chi connectivity index (χ1) is 8.77. The van der Waals surface area contributed by atoms with Crippen LogP contribution in [0.4, 0.5) is 0 Å². The molecular formula is C15H30N2O2. The molecule has 0 saturated carbocycles. The van der Waals surface area contributed by atoms with Crippen molar-refractivity contribution in [3.8, 4) is 0 Å². The van der Waals surface area contributed by atoms with Crippen molar-refractivity contribution in [2.45, 2.75) is 58.9 Å². The topological polar surface area (TPSA) is 55.6 Å². The number of nitrogens with two attached hydrogens (primary N) is 1. The van der Waals surface area contributed by atoms with Crippen LogP contribution in [0.3, 0.4) is 0 Å². The average molecular weight is 270 g/mol. The Labute approximate surface area is 117 Å². The van der Waals surface area contributed by atoms with Crippen molar-refractivity contribution in [3.63, 3.8) is 0 Å². The van der Waals surface area contributed by atoms with Crippen LogP contribution in [-0.2, 0) is 9.53 Å². The zero-order chi connectivity index (χ0) is 14.5. The monoisotopic (exact) mass is 270 g/mol. The van der Waals surface area contributed by atoms with Gasteiger partial charge in [-0.1, -0.05) is 13.8 Å². The van der Waals surface area contributed by atoms with Crippen molar-refractivity contribution >= 4 is 5.97 Å². The van der Waals surface area contributed by atoms with Crippen LogP contribution in [0.25, 0.3) is 0 Å². The maximum Gasteiger partial charge on any atom is 0.325 e. The van der Waals surface area contributed by atoms with E-state index in [1.807, 2.05) is 6.92 Å². The van der Waals surface area contributed by atoms with Crippen molar-refractivity contribution in [2.24, 2.45) is 11.1 Å². The summed E-state index contributed by atoms with van der Waals surface area (Å²) >= 11 is 0. The highest BCUT2D eigenvalue weighted by Gasteiger charge is 2.30. The Morgan fingerprint density at radius 2 is 2.16 bits per heavy atom. The second kappa shape index (κ2) is 6.71. The van der Waals surface area contributed by atoms with Crippen molar-refractivity contribution in [1.82, 2.24) is 4.90 Å². The lowest BCUT2D eigenvalue weighted by Gasteiger charge is -2.38. The van der Waals surface area contributed by atoms with Crippen molar-refractivity contribution in [1.29, 1.82) is 0 Å². The fraction of sp³-hybridized carbons (Fsp3) is 0.933. The molecule has 4 heteroatoms. The van der Waals surface area contributed by atoms with Gasteiger partial charge in [-0.15, -0.1) is 0 Å². The number of hydrogen-bond acceptors (Lipinski definition) is 4. The number of carbonyl (C=O) groups is 1. The Morgan fingerprint density at radius 1 is 1.47 bits per heavy atom. The molecule has 1 fully saturated rings. The summed E-state index contributed by atoms with van der Waals surface area (Å²) in [5.74, 6) is -0.283. The number of hydrogen-bond donors (Lipinski definition) is 1. The summed E-state index contributed by atoms with van der Waals surface area (Å²) in [4.78, 5) is 14.2. The highest BCUT2D eigenvalue weighted by Crippen LogP contribution is 2.28. The van der Waals surface area contributed by atoms with E-state index in [0.29, 0.717) is 18.4 Å². The van der Waals surface area contributed by atoms with E-state index in [-0.39, 0.29) is 5.97 Å². The van der Waals surface area contributed by atoms with Gasteiger partial charge < -0.3 is 15.4 Å². The molecule has 0 aliphatic carbocycles. The van der Waals surface area contributed by atoms with Crippen LogP contribution >= 0.6 is 0 Å². The average Bonchev–Trinajstić information content (AvgIpc) is 2.27. The summed E-state index contributed by atoms with van der Waals surface area (Å²) in [5.41, 5.74) is 5.60. The lowest BCUT2D eigenvalue weighted by Crippen LogP contribution is -2.47. The van der Waals surface area contributed by atoms with Crippen molar-refractivity contribution in [3.05, 3.63) is 0 Å². The van der Waals surface area contributed by atoms with Crippen LogP contribution in [0, 0.1) is 5.41 Å². The predicted molar refractivity (Wildman–Crippen MR) is 77.9 cm³/mol. The van der Waals surface area contributed by atoms with E-state index in [4.69, 9.17) is 10.5 Å². The summed E-state index contributed by atoms with van der Waals surface area (Å²) in [6.07, 6.45) is 4.20. The van der Waals surface area contributed by atoms with E-state index >= 15 is 0 Å². The molecule has 1 saturated heterocycles. The van der Waals surface area contributed by atoms with Crippen LogP contribution < -0.4 is 5.73 Å². The van der Waals surface area contributed by atoms with E-state index in [1.165, 1.54) is 19.4 Å². The number of carbonyl (C=O) groups excluding carboxylic acids is 1. The van der Waals surface area contributed by atoms with E-state index in [1.54, 1.807) is 6.92 Å². The van der Waals surface area contributed by atoms with Gasteiger partial charge in [0.15, 0.2) is 0 Å². The van der Waals surface area contributed by atoms with Gasteiger partial charge in [0, 0.05) is 6.54 Å². The van der Waals surface area contributed by atoms with Crippen molar-refractivity contribution < 1.29 is 9.53 Å². The van der Waals surface area contributed by atoms with E-state index < -0.39 is 5.54 Å². The third-order valence-corrected chi connectivity index (χ3v) is 3.89. The smallest absolute Gasteiger partial charge is 0.325 e. The van der Waals surface area contributed by atoms with Gasteiger partial charge in [0.2, 0.25) is 0 Å². The second-order valence-corrected chi connectivity index (χ2v) is 6.79. The molecule has 1 heterocycles. The molecule has 19 heavy (non-hydrogen) atoms. The first-order valence-corrected chi connectivity index (χ1v) is 7.45. The standard InChI is InChI=1S/C15H30N2O2/c1-5-19-13(18)15(4,16)9-7-11-17-10-6-8-14(2,3)12-17/h5-12,16H2,1-4H3. The maximum absolute atomic E-state index is 11.7. The molecule has 1 atom stereocenters. The Morgan fingerprint density at radius 3 is 2.74 bits per heavy atom. The molecule has 2 N–H and O–H groups in total. The molecule has 4 nitrogen and oxygen atoms in total. The predicted octanol–water partition coefficient (Wildman–Crippen LogP) is 2.17. The quantitative estimate of drug-likeness (QED) is 0.752. The lowest BCUT2D eigenvalue weighted by molar-refractivity contribution is -0.149. The van der Waals surface area contributed by atoms with E-state index in [0.717, 1.165) is 19.5 Å². The molecule has 1 aliphatic rings. The highest BCUT2D eigenvalue weighted by molar-refractivity contribution is 5.79. The lowest BCUT2D eigenvalue weighted by atomic mass is 9.84. The molecule has 0 amide bonds. The summed E-state index contributed by atoms with van der Waals surface area (Å²) < 4.78 is 5.00. The minimum atomic E-state index is -0.846. The molecule has 0 radical (unpaired) electrons. The zero-order valence-electron chi connectivity index (χ0n) is 13.0. The first-order valence-electron chi connectivity index (χ1n) is 7.45. The molecule has 0 bridgehead atoms. The normalized spacial score (nSPS) is 22.8. The Hall–Kier alpha value is -0.610. The summed E-state index contributed by atoms with van der Waals surface area (Å²) in [5, 5.41) is 0. The molecule has 1 rings (SSSR count). The van der Waals surface area contributed by atoms with Gasteiger partial charge in [0.25, 0.3) is 0 Å². The SMILES string of the molecule is CCOC(=O)C(C)(N)CCCN1CCCC(C)(C)C1. The fourth-order valence-corrected chi connectivity index (χ4v) is 2.80. The van der Waals surface area contributed by atoms with Gasteiger partial charge in [-0.25, -0.2) is 0 Å². The van der Waals surface area contributed by atoms with Gasteiger partial charge in [-0.3, -0.25) is 4.79 Å². The highest BCUT2D eigenvalue weighted by atomic mass is 16.5. The molecule has 1 aliphatic heterocycles. The number of likely N-dealkylation sites (tertiary alicyclic amines) is 1. The summed E-state index contributed by atoms with van der Waals surface area (Å²) in [6.45, 7) is 12.0. The maximum atomic E-state index is 11.7. The number of nitrogens with zero attached hydrogens (tertiary/aromatic N) is 1. The van der Waals surface area contributed by atoms with E-state index in [9.17, 15) is 4.79 Å². The van der Waals surface area contributed by atoms with Gasteiger partial charge in [0.05, 0.1) is 6.61 Å². The minimum absolute atomic E-state index is 0.283. The minimum Gasteiger partial charge on any atom is -0.465 e. The molecule has 0 spiro atoms. The third kappa shape index (κ3) is 5.49. The van der Waals surface area contributed by atoms with Crippen LogP contribution in [0.1, 0.15) is 53.4 Å². The van der Waals surface area contributed by atoms with Gasteiger partial charge >= 0.3 is 5.97 Å².